The molecule has 0 aromatic heterocycles. The van der Waals surface area contributed by atoms with Crippen LogP contribution in [-0.4, -0.2) is 44.5 Å². The summed E-state index contributed by atoms with van der Waals surface area (Å²) >= 11 is 0. The molecule has 0 atom stereocenters. The van der Waals surface area contributed by atoms with Gasteiger partial charge < -0.3 is 4.90 Å². The van der Waals surface area contributed by atoms with Crippen LogP contribution in [-0.2, 0) is 21.2 Å². The Bertz CT molecular complexity index is 777. The van der Waals surface area contributed by atoms with E-state index in [-0.39, 0.29) is 19.0 Å². The van der Waals surface area contributed by atoms with E-state index in [4.69, 9.17) is 0 Å². The Labute approximate surface area is 149 Å². The topological polar surface area (TPSA) is 57.7 Å². The highest BCUT2D eigenvalue weighted by atomic mass is 32.2. The van der Waals surface area contributed by atoms with Crippen molar-refractivity contribution >= 4 is 21.6 Å². The standard InChI is InChI=1S/C19H24N2O3S/c1-3-21(18-12-8-5-9-13-18)19(22)16-20(25(2,23)24)15-14-17-10-6-4-7-11-17/h4-13H,3,14-16H2,1-2H3. The summed E-state index contributed by atoms with van der Waals surface area (Å²) in [4.78, 5) is 14.3. The Morgan fingerprint density at radius 2 is 1.52 bits per heavy atom. The zero-order valence-electron chi connectivity index (χ0n) is 14.6. The van der Waals surface area contributed by atoms with Gasteiger partial charge in [0.05, 0.1) is 12.8 Å². The first-order chi connectivity index (χ1) is 11.9. The molecule has 0 unspecified atom stereocenters. The van der Waals surface area contributed by atoms with Gasteiger partial charge in [0.2, 0.25) is 15.9 Å². The molecule has 134 valence electrons. The number of hydrogen-bond donors (Lipinski definition) is 0. The first kappa shape index (κ1) is 19.1. The number of anilines is 1. The van der Waals surface area contributed by atoms with Gasteiger partial charge in [-0.2, -0.15) is 4.31 Å². The van der Waals surface area contributed by atoms with Crippen LogP contribution in [0.5, 0.6) is 0 Å². The molecule has 0 fully saturated rings. The molecule has 0 aliphatic heterocycles. The molecule has 6 heteroatoms. The third-order valence-corrected chi connectivity index (χ3v) is 5.21. The quantitative estimate of drug-likeness (QED) is 0.727. The van der Waals surface area contributed by atoms with Crippen LogP contribution in [0.3, 0.4) is 0 Å². The lowest BCUT2D eigenvalue weighted by Gasteiger charge is -2.25. The van der Waals surface area contributed by atoms with E-state index in [1.807, 2.05) is 67.6 Å². The number of nitrogens with zero attached hydrogens (tertiary/aromatic N) is 2. The van der Waals surface area contributed by atoms with E-state index in [1.54, 1.807) is 4.90 Å². The minimum Gasteiger partial charge on any atom is -0.312 e. The van der Waals surface area contributed by atoms with Crippen LogP contribution < -0.4 is 4.90 Å². The fraction of sp³-hybridized carbons (Fsp3) is 0.316. The van der Waals surface area contributed by atoms with Gasteiger partial charge in [0.15, 0.2) is 0 Å². The molecular formula is C19H24N2O3S. The summed E-state index contributed by atoms with van der Waals surface area (Å²) in [5.74, 6) is -0.229. The van der Waals surface area contributed by atoms with E-state index in [9.17, 15) is 13.2 Å². The molecule has 0 saturated heterocycles. The van der Waals surface area contributed by atoms with E-state index in [2.05, 4.69) is 0 Å². The minimum absolute atomic E-state index is 0.158. The number of amides is 1. The van der Waals surface area contributed by atoms with Crippen LogP contribution >= 0.6 is 0 Å². The van der Waals surface area contributed by atoms with Crippen LogP contribution in [0.25, 0.3) is 0 Å². The molecule has 0 aliphatic carbocycles. The van der Waals surface area contributed by atoms with Gasteiger partial charge in [-0.25, -0.2) is 8.42 Å². The fourth-order valence-corrected chi connectivity index (χ4v) is 3.38. The lowest BCUT2D eigenvalue weighted by atomic mass is 10.1. The van der Waals surface area contributed by atoms with Crippen molar-refractivity contribution in [3.05, 3.63) is 66.2 Å². The number of likely N-dealkylation sites (N-methyl/N-ethyl adjacent to an activating group) is 1. The fourth-order valence-electron chi connectivity index (χ4n) is 2.61. The zero-order chi connectivity index (χ0) is 18.3. The summed E-state index contributed by atoms with van der Waals surface area (Å²) in [6.45, 7) is 2.48. The molecule has 0 spiro atoms. The average Bonchev–Trinajstić information content (AvgIpc) is 2.60. The van der Waals surface area contributed by atoms with Gasteiger partial charge in [0, 0.05) is 18.8 Å². The second kappa shape index (κ2) is 8.78. The minimum atomic E-state index is -3.47. The summed E-state index contributed by atoms with van der Waals surface area (Å²) in [5.41, 5.74) is 1.81. The van der Waals surface area contributed by atoms with Gasteiger partial charge in [-0.15, -0.1) is 0 Å². The largest absolute Gasteiger partial charge is 0.312 e. The maximum atomic E-state index is 12.7. The molecule has 2 aromatic rings. The van der Waals surface area contributed by atoms with E-state index >= 15 is 0 Å². The van der Waals surface area contributed by atoms with Gasteiger partial charge in [0.1, 0.15) is 0 Å². The maximum Gasteiger partial charge on any atom is 0.242 e. The van der Waals surface area contributed by atoms with Gasteiger partial charge in [-0.3, -0.25) is 4.79 Å². The second-order valence-electron chi connectivity index (χ2n) is 5.81. The highest BCUT2D eigenvalue weighted by Crippen LogP contribution is 2.14. The number of benzene rings is 2. The lowest BCUT2D eigenvalue weighted by molar-refractivity contribution is -0.118. The molecule has 0 saturated carbocycles. The predicted molar refractivity (Wildman–Crippen MR) is 101 cm³/mol. The Balaban J connectivity index is 2.09. The normalized spacial score (nSPS) is 11.5. The number of para-hydroxylation sites is 1. The summed E-state index contributed by atoms with van der Waals surface area (Å²) in [6, 6.07) is 18.9. The number of carbonyl (C=O) groups is 1. The molecule has 2 rings (SSSR count). The lowest BCUT2D eigenvalue weighted by Crippen LogP contribution is -2.43. The number of hydrogen-bond acceptors (Lipinski definition) is 3. The molecule has 2 aromatic carbocycles. The van der Waals surface area contributed by atoms with Crippen molar-refractivity contribution < 1.29 is 13.2 Å². The van der Waals surface area contributed by atoms with Crippen molar-refractivity contribution in [3.63, 3.8) is 0 Å². The van der Waals surface area contributed by atoms with Crippen LogP contribution in [0.1, 0.15) is 12.5 Å². The number of sulfonamides is 1. The number of carbonyl (C=O) groups excluding carboxylic acids is 1. The van der Waals surface area contributed by atoms with E-state index < -0.39 is 10.0 Å². The van der Waals surface area contributed by atoms with Crippen molar-refractivity contribution in [3.8, 4) is 0 Å². The van der Waals surface area contributed by atoms with E-state index in [1.165, 1.54) is 4.31 Å². The maximum absolute atomic E-state index is 12.7. The third kappa shape index (κ3) is 5.69. The van der Waals surface area contributed by atoms with Crippen LogP contribution in [0.4, 0.5) is 5.69 Å². The van der Waals surface area contributed by atoms with Crippen LogP contribution in [0.2, 0.25) is 0 Å². The van der Waals surface area contributed by atoms with Crippen molar-refractivity contribution in [2.24, 2.45) is 0 Å². The van der Waals surface area contributed by atoms with Gasteiger partial charge in [-0.05, 0) is 31.0 Å². The SMILES string of the molecule is CCN(C(=O)CN(CCc1ccccc1)S(C)(=O)=O)c1ccccc1. The molecular weight excluding hydrogens is 336 g/mol. The zero-order valence-corrected chi connectivity index (χ0v) is 15.4. The summed E-state index contributed by atoms with van der Waals surface area (Å²) in [6.07, 6.45) is 1.71. The van der Waals surface area contributed by atoms with Crippen molar-refractivity contribution in [2.75, 3.05) is 30.8 Å². The summed E-state index contributed by atoms with van der Waals surface area (Å²) in [5, 5.41) is 0. The Kier molecular flexibility index (Phi) is 6.73. The van der Waals surface area contributed by atoms with Gasteiger partial charge >= 0.3 is 0 Å². The van der Waals surface area contributed by atoms with Gasteiger partial charge in [-0.1, -0.05) is 48.5 Å². The van der Waals surface area contributed by atoms with Gasteiger partial charge in [0.25, 0.3) is 0 Å². The van der Waals surface area contributed by atoms with Crippen molar-refractivity contribution in [2.45, 2.75) is 13.3 Å². The van der Waals surface area contributed by atoms with Crippen molar-refractivity contribution in [1.82, 2.24) is 4.31 Å². The second-order valence-corrected chi connectivity index (χ2v) is 7.79. The third-order valence-electron chi connectivity index (χ3n) is 3.96. The van der Waals surface area contributed by atoms with Crippen LogP contribution in [0.15, 0.2) is 60.7 Å². The molecule has 0 N–H and O–H groups in total. The van der Waals surface area contributed by atoms with Crippen molar-refractivity contribution in [1.29, 1.82) is 0 Å². The molecule has 0 aliphatic rings. The molecule has 0 radical (unpaired) electrons. The highest BCUT2D eigenvalue weighted by Gasteiger charge is 2.23. The van der Waals surface area contributed by atoms with E-state index in [0.29, 0.717) is 13.0 Å². The Hall–Kier alpha value is -2.18. The van der Waals surface area contributed by atoms with Crippen LogP contribution in [0, 0.1) is 0 Å². The summed E-state index contributed by atoms with van der Waals surface area (Å²) in [7, 11) is -3.47. The Morgan fingerprint density at radius 1 is 0.960 bits per heavy atom. The average molecular weight is 360 g/mol. The molecule has 0 bridgehead atoms. The Morgan fingerprint density at radius 3 is 2.04 bits per heavy atom. The monoisotopic (exact) mass is 360 g/mol. The molecule has 25 heavy (non-hydrogen) atoms. The summed E-state index contributed by atoms with van der Waals surface area (Å²) < 4.78 is 25.4. The van der Waals surface area contributed by atoms with E-state index in [0.717, 1.165) is 17.5 Å². The molecule has 1 amide bonds. The first-order valence-electron chi connectivity index (χ1n) is 8.26. The highest BCUT2D eigenvalue weighted by molar-refractivity contribution is 7.88. The number of rotatable bonds is 8. The molecule has 5 nitrogen and oxygen atoms in total. The smallest absolute Gasteiger partial charge is 0.242 e. The first-order valence-corrected chi connectivity index (χ1v) is 10.1. The predicted octanol–water partition coefficient (Wildman–Crippen LogP) is 2.54. The molecule has 0 heterocycles.